The van der Waals surface area contributed by atoms with Gasteiger partial charge in [0.2, 0.25) is 0 Å². The van der Waals surface area contributed by atoms with E-state index in [0.717, 1.165) is 16.8 Å². The molecule has 29 heavy (non-hydrogen) atoms. The molecule has 0 fully saturated rings. The van der Waals surface area contributed by atoms with Crippen LogP contribution < -0.4 is 5.56 Å². The zero-order valence-corrected chi connectivity index (χ0v) is 15.7. The lowest BCUT2D eigenvalue weighted by Crippen LogP contribution is -2.22. The molecule has 140 valence electrons. The van der Waals surface area contributed by atoms with Gasteiger partial charge in [-0.3, -0.25) is 4.79 Å². The Hall–Kier alpha value is -3.84. The number of aromatic amines is 1. The molecule has 3 aromatic heterocycles. The van der Waals surface area contributed by atoms with Crippen LogP contribution in [0.15, 0.2) is 77.9 Å². The van der Waals surface area contributed by atoms with Crippen molar-refractivity contribution in [1.29, 1.82) is 0 Å². The molecule has 1 N–H and O–H groups in total. The van der Waals surface area contributed by atoms with Crippen LogP contribution in [0.4, 0.5) is 0 Å². The fourth-order valence-corrected chi connectivity index (χ4v) is 3.28. The molecule has 0 atom stereocenters. The third-order valence-electron chi connectivity index (χ3n) is 4.57. The van der Waals surface area contributed by atoms with Crippen LogP contribution in [-0.4, -0.2) is 29.9 Å². The van der Waals surface area contributed by atoms with Gasteiger partial charge in [-0.1, -0.05) is 48.0 Å². The van der Waals surface area contributed by atoms with Crippen LogP contribution in [0, 0.1) is 0 Å². The maximum atomic E-state index is 13.3. The summed E-state index contributed by atoms with van der Waals surface area (Å²) in [5, 5.41) is 11.5. The molecule has 7 nitrogen and oxygen atoms in total. The number of rotatable bonds is 3. The highest BCUT2D eigenvalue weighted by Gasteiger charge is 2.15. The summed E-state index contributed by atoms with van der Waals surface area (Å²) in [6, 6.07) is 18.3. The van der Waals surface area contributed by atoms with Crippen LogP contribution in [0.1, 0.15) is 0 Å². The highest BCUT2D eigenvalue weighted by atomic mass is 35.5. The standard InChI is InChI=1S/C21H13ClN6O/c22-15-9-10-19(23-11-15)28-20(25-17-4-2-1-3-16(17)21(28)29)14-7-5-13(6-8-14)18-12-24-27-26-18/h1-12H,(H,24,26,27). The van der Waals surface area contributed by atoms with Crippen LogP contribution in [0.25, 0.3) is 39.4 Å². The molecule has 0 saturated carbocycles. The number of hydrogen-bond donors (Lipinski definition) is 1. The van der Waals surface area contributed by atoms with Crippen molar-refractivity contribution in [1.82, 2.24) is 29.9 Å². The number of H-pyrrole nitrogens is 1. The Morgan fingerprint density at radius 1 is 0.897 bits per heavy atom. The first kappa shape index (κ1) is 17.3. The first-order valence-electron chi connectivity index (χ1n) is 8.81. The van der Waals surface area contributed by atoms with Gasteiger partial charge in [0.05, 0.1) is 22.1 Å². The van der Waals surface area contributed by atoms with E-state index in [2.05, 4.69) is 20.4 Å². The van der Waals surface area contributed by atoms with Gasteiger partial charge in [0.15, 0.2) is 0 Å². The van der Waals surface area contributed by atoms with Gasteiger partial charge in [0.25, 0.3) is 5.56 Å². The number of benzene rings is 2. The maximum Gasteiger partial charge on any atom is 0.267 e. The highest BCUT2D eigenvalue weighted by Crippen LogP contribution is 2.25. The Morgan fingerprint density at radius 2 is 1.69 bits per heavy atom. The van der Waals surface area contributed by atoms with Gasteiger partial charge in [0.1, 0.15) is 17.3 Å². The number of pyridine rings is 1. The second kappa shape index (κ2) is 6.96. The number of nitrogens with one attached hydrogen (secondary N) is 1. The van der Waals surface area contributed by atoms with Crippen LogP contribution in [-0.2, 0) is 0 Å². The Balaban J connectivity index is 1.75. The van der Waals surface area contributed by atoms with E-state index in [1.54, 1.807) is 24.4 Å². The zero-order chi connectivity index (χ0) is 19.8. The van der Waals surface area contributed by atoms with Crippen molar-refractivity contribution in [3.8, 4) is 28.5 Å². The molecule has 2 aromatic carbocycles. The lowest BCUT2D eigenvalue weighted by molar-refractivity contribution is 0.932. The average molecular weight is 401 g/mol. The Kier molecular flexibility index (Phi) is 4.14. The van der Waals surface area contributed by atoms with Crippen molar-refractivity contribution >= 4 is 22.5 Å². The largest absolute Gasteiger partial charge is 0.268 e. The van der Waals surface area contributed by atoms with Crippen LogP contribution in [0.2, 0.25) is 5.02 Å². The molecule has 8 heteroatoms. The molecule has 0 unspecified atom stereocenters. The van der Waals surface area contributed by atoms with Gasteiger partial charge in [0, 0.05) is 17.3 Å². The molecule has 0 spiro atoms. The first-order chi connectivity index (χ1) is 14.2. The summed E-state index contributed by atoms with van der Waals surface area (Å²) in [5.74, 6) is 0.948. The molecule has 5 rings (SSSR count). The molecule has 0 aliphatic heterocycles. The second-order valence-electron chi connectivity index (χ2n) is 6.36. The van der Waals surface area contributed by atoms with Crippen molar-refractivity contribution < 1.29 is 0 Å². The van der Waals surface area contributed by atoms with Crippen molar-refractivity contribution in [3.63, 3.8) is 0 Å². The normalized spacial score (nSPS) is 11.1. The number of hydrogen-bond acceptors (Lipinski definition) is 5. The number of halogens is 1. The van der Waals surface area contributed by atoms with Gasteiger partial charge >= 0.3 is 0 Å². The molecule has 5 aromatic rings. The third kappa shape index (κ3) is 3.07. The van der Waals surface area contributed by atoms with Crippen LogP contribution in [0.3, 0.4) is 0 Å². The summed E-state index contributed by atoms with van der Waals surface area (Å²) in [7, 11) is 0. The summed E-state index contributed by atoms with van der Waals surface area (Å²) in [5.41, 5.74) is 2.85. The van der Waals surface area contributed by atoms with Crippen LogP contribution >= 0.6 is 11.6 Å². The lowest BCUT2D eigenvalue weighted by Gasteiger charge is -2.13. The Bertz CT molecular complexity index is 1360. The van der Waals surface area contributed by atoms with Gasteiger partial charge < -0.3 is 0 Å². The van der Waals surface area contributed by atoms with Crippen molar-refractivity contribution in [2.75, 3.05) is 0 Å². The van der Waals surface area contributed by atoms with E-state index < -0.39 is 0 Å². The van der Waals surface area contributed by atoms with E-state index >= 15 is 0 Å². The van der Waals surface area contributed by atoms with Gasteiger partial charge in [-0.2, -0.15) is 15.4 Å². The Morgan fingerprint density at radius 3 is 2.41 bits per heavy atom. The molecule has 0 radical (unpaired) electrons. The molecule has 0 aliphatic carbocycles. The monoisotopic (exact) mass is 400 g/mol. The van der Waals surface area contributed by atoms with E-state index in [1.807, 2.05) is 42.5 Å². The Labute approximate surface area is 169 Å². The SMILES string of the molecule is O=c1c2ccccc2nc(-c2ccc(-c3cn[nH]n3)cc2)n1-c1ccc(Cl)cn1. The summed E-state index contributed by atoms with van der Waals surface area (Å²) >= 11 is 5.98. The summed E-state index contributed by atoms with van der Waals surface area (Å²) < 4.78 is 1.50. The van der Waals surface area contributed by atoms with Gasteiger partial charge in [-0.25, -0.2) is 14.5 Å². The molecule has 0 amide bonds. The number of para-hydroxylation sites is 1. The smallest absolute Gasteiger partial charge is 0.267 e. The maximum absolute atomic E-state index is 13.3. The molecule has 3 heterocycles. The fraction of sp³-hybridized carbons (Fsp3) is 0. The minimum atomic E-state index is -0.194. The van der Waals surface area contributed by atoms with E-state index in [0.29, 0.717) is 27.6 Å². The molecule has 0 aliphatic rings. The predicted octanol–water partition coefficient (Wildman–Crippen LogP) is 3.89. The molecule has 0 bridgehead atoms. The van der Waals surface area contributed by atoms with E-state index in [9.17, 15) is 4.79 Å². The van der Waals surface area contributed by atoms with Crippen molar-refractivity contribution in [2.45, 2.75) is 0 Å². The zero-order valence-electron chi connectivity index (χ0n) is 15.0. The van der Waals surface area contributed by atoms with Crippen molar-refractivity contribution in [2.24, 2.45) is 0 Å². The summed E-state index contributed by atoms with van der Waals surface area (Å²) in [6.45, 7) is 0. The lowest BCUT2D eigenvalue weighted by atomic mass is 10.1. The van der Waals surface area contributed by atoms with Gasteiger partial charge in [-0.05, 0) is 24.3 Å². The van der Waals surface area contributed by atoms with E-state index in [-0.39, 0.29) is 5.56 Å². The third-order valence-corrected chi connectivity index (χ3v) is 4.79. The minimum Gasteiger partial charge on any atom is -0.268 e. The first-order valence-corrected chi connectivity index (χ1v) is 9.19. The fourth-order valence-electron chi connectivity index (χ4n) is 3.17. The predicted molar refractivity (Wildman–Crippen MR) is 111 cm³/mol. The highest BCUT2D eigenvalue weighted by molar-refractivity contribution is 6.30. The molecule has 0 saturated heterocycles. The van der Waals surface area contributed by atoms with E-state index in [1.165, 1.54) is 10.8 Å². The van der Waals surface area contributed by atoms with Crippen molar-refractivity contribution in [3.05, 3.63) is 88.4 Å². The number of nitrogens with zero attached hydrogens (tertiary/aromatic N) is 5. The molecular weight excluding hydrogens is 388 g/mol. The van der Waals surface area contributed by atoms with Gasteiger partial charge in [-0.15, -0.1) is 0 Å². The summed E-state index contributed by atoms with van der Waals surface area (Å²) in [6.07, 6.45) is 3.16. The van der Waals surface area contributed by atoms with E-state index in [4.69, 9.17) is 16.6 Å². The second-order valence-corrected chi connectivity index (χ2v) is 6.80. The minimum absolute atomic E-state index is 0.194. The quantitative estimate of drug-likeness (QED) is 0.496. The number of aromatic nitrogens is 6. The molecular formula is C21H13ClN6O. The topological polar surface area (TPSA) is 89.4 Å². The number of fused-ring (bicyclic) bond motifs is 1. The average Bonchev–Trinajstić information content (AvgIpc) is 3.30. The van der Waals surface area contributed by atoms with Crippen LogP contribution in [0.5, 0.6) is 0 Å². The summed E-state index contributed by atoms with van der Waals surface area (Å²) in [4.78, 5) is 22.4.